The van der Waals surface area contributed by atoms with Crippen LogP contribution in [0.15, 0.2) is 60.7 Å². The van der Waals surface area contributed by atoms with Crippen molar-refractivity contribution in [3.63, 3.8) is 0 Å². The Morgan fingerprint density at radius 2 is 1.81 bits per heavy atom. The number of nitrogens with one attached hydrogen (secondary N) is 1. The number of phenols is 1. The summed E-state index contributed by atoms with van der Waals surface area (Å²) in [5.41, 5.74) is 0.361. The molecule has 0 radical (unpaired) electrons. The largest absolute Gasteiger partial charge is 0.507 e. The fraction of sp³-hybridized carbons (Fsp3) is 0. The minimum Gasteiger partial charge on any atom is -0.507 e. The first-order valence-electron chi connectivity index (χ1n) is 7.74. The number of nitriles is 1. The number of hydrogen-bond acceptors (Lipinski definition) is 4. The minimum atomic E-state index is -0.618. The van der Waals surface area contributed by atoms with Crippen molar-refractivity contribution in [2.24, 2.45) is 0 Å². The number of rotatable bonds is 4. The monoisotopic (exact) mass is 398 g/mol. The maximum atomic E-state index is 12.4. The van der Waals surface area contributed by atoms with Gasteiger partial charge in [0.25, 0.3) is 5.91 Å². The standard InChI is InChI=1S/C20H12Cl2N2O3/c21-13-4-7-15(8-5-13)27-18-9-6-14(10-16(18)22)24-20(26)19-12(11-23)2-1-3-17(19)25/h1-10,25H,(H,24,26). The summed E-state index contributed by atoms with van der Waals surface area (Å²) < 4.78 is 5.68. The Morgan fingerprint density at radius 3 is 2.48 bits per heavy atom. The van der Waals surface area contributed by atoms with Gasteiger partial charge >= 0.3 is 0 Å². The molecule has 0 aliphatic rings. The molecular formula is C20H12Cl2N2O3. The predicted molar refractivity (Wildman–Crippen MR) is 104 cm³/mol. The van der Waals surface area contributed by atoms with Gasteiger partial charge in [-0.3, -0.25) is 4.79 Å². The van der Waals surface area contributed by atoms with E-state index < -0.39 is 5.91 Å². The van der Waals surface area contributed by atoms with E-state index in [4.69, 9.17) is 33.2 Å². The highest BCUT2D eigenvalue weighted by Crippen LogP contribution is 2.32. The van der Waals surface area contributed by atoms with Gasteiger partial charge in [0, 0.05) is 10.7 Å². The van der Waals surface area contributed by atoms with Crippen LogP contribution in [0, 0.1) is 11.3 Å². The van der Waals surface area contributed by atoms with Gasteiger partial charge in [-0.15, -0.1) is 0 Å². The maximum Gasteiger partial charge on any atom is 0.260 e. The second-order valence-electron chi connectivity index (χ2n) is 5.47. The molecular weight excluding hydrogens is 387 g/mol. The molecule has 3 aromatic rings. The van der Waals surface area contributed by atoms with Crippen molar-refractivity contribution >= 4 is 34.8 Å². The van der Waals surface area contributed by atoms with Crippen LogP contribution in [0.3, 0.4) is 0 Å². The smallest absolute Gasteiger partial charge is 0.260 e. The van der Waals surface area contributed by atoms with Crippen LogP contribution < -0.4 is 10.1 Å². The fourth-order valence-corrected chi connectivity index (χ4v) is 2.70. The van der Waals surface area contributed by atoms with E-state index in [-0.39, 0.29) is 21.9 Å². The molecule has 0 aromatic heterocycles. The predicted octanol–water partition coefficient (Wildman–Crippen LogP) is 5.62. The number of halogens is 2. The van der Waals surface area contributed by atoms with Gasteiger partial charge in [-0.1, -0.05) is 29.3 Å². The van der Waals surface area contributed by atoms with Crippen molar-refractivity contribution in [1.29, 1.82) is 5.26 Å². The molecule has 0 aliphatic carbocycles. The normalized spacial score (nSPS) is 10.1. The van der Waals surface area contributed by atoms with Crippen molar-refractivity contribution < 1.29 is 14.6 Å². The lowest BCUT2D eigenvalue weighted by molar-refractivity contribution is 0.102. The molecule has 1 amide bonds. The molecule has 0 saturated heterocycles. The van der Waals surface area contributed by atoms with Gasteiger partial charge in [-0.2, -0.15) is 5.26 Å². The maximum absolute atomic E-state index is 12.4. The number of anilines is 1. The molecule has 0 atom stereocenters. The number of amides is 1. The summed E-state index contributed by atoms with van der Waals surface area (Å²) >= 11 is 12.1. The van der Waals surface area contributed by atoms with Crippen LogP contribution in [-0.2, 0) is 0 Å². The zero-order valence-corrected chi connectivity index (χ0v) is 15.3. The molecule has 3 rings (SSSR count). The van der Waals surface area contributed by atoms with Gasteiger partial charge in [0.1, 0.15) is 23.3 Å². The second kappa shape index (κ2) is 8.00. The number of aromatic hydroxyl groups is 1. The van der Waals surface area contributed by atoms with Crippen LogP contribution in [0.25, 0.3) is 0 Å². The molecule has 0 saturated carbocycles. The molecule has 0 fully saturated rings. The van der Waals surface area contributed by atoms with E-state index in [0.717, 1.165) is 0 Å². The number of nitrogens with zero attached hydrogens (tertiary/aromatic N) is 1. The van der Waals surface area contributed by atoms with E-state index in [1.54, 1.807) is 36.4 Å². The van der Waals surface area contributed by atoms with E-state index >= 15 is 0 Å². The number of carbonyl (C=O) groups is 1. The van der Waals surface area contributed by atoms with E-state index in [1.165, 1.54) is 24.3 Å². The molecule has 3 aromatic carbocycles. The number of carbonyl (C=O) groups excluding carboxylic acids is 1. The molecule has 27 heavy (non-hydrogen) atoms. The molecule has 0 spiro atoms. The van der Waals surface area contributed by atoms with Gasteiger partial charge in [0.2, 0.25) is 0 Å². The summed E-state index contributed by atoms with van der Waals surface area (Å²) in [7, 11) is 0. The molecule has 0 bridgehead atoms. The van der Waals surface area contributed by atoms with E-state index in [2.05, 4.69) is 5.32 Å². The quantitative estimate of drug-likeness (QED) is 0.597. The molecule has 0 aliphatic heterocycles. The highest BCUT2D eigenvalue weighted by atomic mass is 35.5. The van der Waals surface area contributed by atoms with Gasteiger partial charge in [0.05, 0.1) is 16.1 Å². The Balaban J connectivity index is 1.79. The van der Waals surface area contributed by atoms with Crippen LogP contribution in [-0.4, -0.2) is 11.0 Å². The summed E-state index contributed by atoms with van der Waals surface area (Å²) in [5, 5.41) is 22.5. The molecule has 134 valence electrons. The fourth-order valence-electron chi connectivity index (χ4n) is 2.36. The molecule has 0 heterocycles. The highest BCUT2D eigenvalue weighted by Gasteiger charge is 2.17. The van der Waals surface area contributed by atoms with Crippen molar-refractivity contribution in [3.8, 4) is 23.3 Å². The van der Waals surface area contributed by atoms with Crippen LogP contribution in [0.4, 0.5) is 5.69 Å². The molecule has 7 heteroatoms. The lowest BCUT2D eigenvalue weighted by Gasteiger charge is -2.11. The Kier molecular flexibility index (Phi) is 5.51. The number of hydrogen-bond donors (Lipinski definition) is 2. The Morgan fingerprint density at radius 1 is 1.07 bits per heavy atom. The first-order valence-corrected chi connectivity index (χ1v) is 8.50. The van der Waals surface area contributed by atoms with Gasteiger partial charge in [0.15, 0.2) is 0 Å². The summed E-state index contributed by atoms with van der Waals surface area (Å²) in [5.74, 6) is 0.0654. The lowest BCUT2D eigenvalue weighted by Crippen LogP contribution is -2.13. The Hall–Kier alpha value is -3.20. The lowest BCUT2D eigenvalue weighted by atomic mass is 10.1. The zero-order valence-electron chi connectivity index (χ0n) is 13.7. The summed E-state index contributed by atoms with van der Waals surface area (Å²) in [6.45, 7) is 0. The van der Waals surface area contributed by atoms with Crippen LogP contribution in [0.5, 0.6) is 17.2 Å². The Bertz CT molecular complexity index is 1040. The number of phenolic OH excluding ortho intramolecular Hbond substituents is 1. The SMILES string of the molecule is N#Cc1cccc(O)c1C(=O)Nc1ccc(Oc2ccc(Cl)cc2)c(Cl)c1. The van der Waals surface area contributed by atoms with Gasteiger partial charge in [-0.05, 0) is 54.6 Å². The van der Waals surface area contributed by atoms with Crippen LogP contribution >= 0.6 is 23.2 Å². The zero-order chi connectivity index (χ0) is 19.4. The van der Waals surface area contributed by atoms with Crippen molar-refractivity contribution in [2.45, 2.75) is 0 Å². The highest BCUT2D eigenvalue weighted by molar-refractivity contribution is 6.32. The minimum absolute atomic E-state index is 0.0706. The summed E-state index contributed by atoms with van der Waals surface area (Å²) in [4.78, 5) is 12.4. The van der Waals surface area contributed by atoms with E-state index in [9.17, 15) is 9.90 Å². The van der Waals surface area contributed by atoms with E-state index in [0.29, 0.717) is 22.2 Å². The Labute approximate surface area is 165 Å². The number of benzene rings is 3. The van der Waals surface area contributed by atoms with Crippen LogP contribution in [0.2, 0.25) is 10.0 Å². The molecule has 2 N–H and O–H groups in total. The van der Waals surface area contributed by atoms with Crippen molar-refractivity contribution in [3.05, 3.63) is 81.8 Å². The van der Waals surface area contributed by atoms with Crippen molar-refractivity contribution in [1.82, 2.24) is 0 Å². The van der Waals surface area contributed by atoms with Gasteiger partial charge < -0.3 is 15.2 Å². The average Bonchev–Trinajstić information content (AvgIpc) is 2.65. The second-order valence-corrected chi connectivity index (χ2v) is 6.31. The third-order valence-electron chi connectivity index (χ3n) is 3.62. The summed E-state index contributed by atoms with van der Waals surface area (Å²) in [6.07, 6.45) is 0. The van der Waals surface area contributed by atoms with Crippen molar-refractivity contribution in [2.75, 3.05) is 5.32 Å². The average molecular weight is 399 g/mol. The first-order chi connectivity index (χ1) is 13.0. The summed E-state index contributed by atoms with van der Waals surface area (Å²) in [6, 6.07) is 17.7. The van der Waals surface area contributed by atoms with Gasteiger partial charge in [-0.25, -0.2) is 0 Å². The molecule has 0 unspecified atom stereocenters. The third-order valence-corrected chi connectivity index (χ3v) is 4.17. The topological polar surface area (TPSA) is 82.3 Å². The van der Waals surface area contributed by atoms with Crippen LogP contribution in [0.1, 0.15) is 15.9 Å². The first kappa shape index (κ1) is 18.6. The molecule has 5 nitrogen and oxygen atoms in total. The number of ether oxygens (including phenoxy) is 1. The third kappa shape index (κ3) is 4.32. The van der Waals surface area contributed by atoms with E-state index in [1.807, 2.05) is 6.07 Å².